The van der Waals surface area contributed by atoms with Crippen molar-refractivity contribution in [1.82, 2.24) is 5.32 Å². The van der Waals surface area contributed by atoms with Crippen molar-refractivity contribution in [3.63, 3.8) is 0 Å². The maximum absolute atomic E-state index is 12.1. The Labute approximate surface area is 164 Å². The average molecular weight is 387 g/mol. The summed E-state index contributed by atoms with van der Waals surface area (Å²) in [5.74, 6) is 0.631. The largest absolute Gasteiger partial charge is 0.496 e. The maximum Gasteiger partial charge on any atom is 0.338 e. The van der Waals surface area contributed by atoms with Crippen LogP contribution in [0.3, 0.4) is 0 Å². The van der Waals surface area contributed by atoms with Gasteiger partial charge in [-0.2, -0.15) is 0 Å². The molecule has 0 atom stereocenters. The topological polar surface area (TPSA) is 83.1 Å². The average Bonchev–Trinajstić information content (AvgIpc) is 2.71. The van der Waals surface area contributed by atoms with Crippen molar-refractivity contribution in [2.75, 3.05) is 27.9 Å². The summed E-state index contributed by atoms with van der Waals surface area (Å²) in [6, 6.07) is 8.66. The van der Waals surface area contributed by atoms with Crippen LogP contribution in [0.15, 0.2) is 30.3 Å². The second kappa shape index (κ2) is 9.64. The van der Waals surface area contributed by atoms with Gasteiger partial charge in [0.05, 0.1) is 26.9 Å². The van der Waals surface area contributed by atoms with Crippen LogP contribution in [0.1, 0.15) is 27.0 Å². The molecule has 2 rings (SSSR count). The number of rotatable bonds is 8. The molecule has 0 bridgehead atoms. The minimum atomic E-state index is -0.540. The van der Waals surface area contributed by atoms with E-state index in [0.717, 1.165) is 11.1 Å². The van der Waals surface area contributed by atoms with E-state index in [4.69, 9.17) is 18.9 Å². The highest BCUT2D eigenvalue weighted by atomic mass is 16.5. The molecule has 0 aliphatic carbocycles. The van der Waals surface area contributed by atoms with Crippen LogP contribution in [0.5, 0.6) is 17.2 Å². The first-order valence-electron chi connectivity index (χ1n) is 8.69. The van der Waals surface area contributed by atoms with Gasteiger partial charge in [0.1, 0.15) is 5.75 Å². The Kier molecular flexibility index (Phi) is 7.26. The molecule has 0 fully saturated rings. The fourth-order valence-corrected chi connectivity index (χ4v) is 2.56. The van der Waals surface area contributed by atoms with Crippen molar-refractivity contribution in [3.05, 3.63) is 52.6 Å². The van der Waals surface area contributed by atoms with Gasteiger partial charge in [-0.05, 0) is 43.2 Å². The normalized spacial score (nSPS) is 10.2. The van der Waals surface area contributed by atoms with Crippen molar-refractivity contribution in [2.45, 2.75) is 20.4 Å². The summed E-state index contributed by atoms with van der Waals surface area (Å²) < 4.78 is 20.9. The van der Waals surface area contributed by atoms with Gasteiger partial charge >= 0.3 is 5.97 Å². The lowest BCUT2D eigenvalue weighted by molar-refractivity contribution is -0.124. The first kappa shape index (κ1) is 21.1. The molecule has 0 aromatic heterocycles. The van der Waals surface area contributed by atoms with Crippen molar-refractivity contribution < 1.29 is 28.5 Å². The lowest BCUT2D eigenvalue weighted by Crippen LogP contribution is -2.28. The number of nitrogens with one attached hydrogen (secondary N) is 1. The molecule has 0 aliphatic heterocycles. The van der Waals surface area contributed by atoms with E-state index >= 15 is 0 Å². The van der Waals surface area contributed by atoms with E-state index in [1.54, 1.807) is 24.3 Å². The SMILES string of the molecule is COc1cc(OC)c(OC)cc1CNC(=O)COC(=O)c1ccc(C)c(C)c1. The maximum atomic E-state index is 12.1. The number of carbonyl (C=O) groups is 2. The van der Waals surface area contributed by atoms with E-state index in [1.165, 1.54) is 21.3 Å². The zero-order valence-corrected chi connectivity index (χ0v) is 16.8. The molecule has 1 amide bonds. The number of aryl methyl sites for hydroxylation is 2. The van der Waals surface area contributed by atoms with Crippen LogP contribution in [-0.2, 0) is 16.1 Å². The molecule has 2 aromatic carbocycles. The third kappa shape index (κ3) is 5.16. The first-order chi connectivity index (χ1) is 13.4. The fourth-order valence-electron chi connectivity index (χ4n) is 2.56. The van der Waals surface area contributed by atoms with Gasteiger partial charge in [-0.25, -0.2) is 4.79 Å². The highest BCUT2D eigenvalue weighted by Crippen LogP contribution is 2.34. The zero-order chi connectivity index (χ0) is 20.7. The summed E-state index contributed by atoms with van der Waals surface area (Å²) >= 11 is 0. The molecular weight excluding hydrogens is 362 g/mol. The number of amides is 1. The van der Waals surface area contributed by atoms with E-state index in [-0.39, 0.29) is 13.2 Å². The second-order valence-corrected chi connectivity index (χ2v) is 6.17. The van der Waals surface area contributed by atoms with Crippen LogP contribution < -0.4 is 19.5 Å². The molecule has 28 heavy (non-hydrogen) atoms. The highest BCUT2D eigenvalue weighted by Gasteiger charge is 2.14. The van der Waals surface area contributed by atoms with Crippen molar-refractivity contribution in [3.8, 4) is 17.2 Å². The zero-order valence-electron chi connectivity index (χ0n) is 16.8. The molecule has 150 valence electrons. The van der Waals surface area contributed by atoms with E-state index in [2.05, 4.69) is 5.32 Å². The predicted molar refractivity (Wildman–Crippen MR) is 104 cm³/mol. The van der Waals surface area contributed by atoms with Crippen LogP contribution in [0, 0.1) is 13.8 Å². The summed E-state index contributed by atoms with van der Waals surface area (Å²) in [6.07, 6.45) is 0. The Balaban J connectivity index is 1.95. The number of methoxy groups -OCH3 is 3. The molecule has 0 radical (unpaired) electrons. The monoisotopic (exact) mass is 387 g/mol. The molecule has 0 aliphatic rings. The summed E-state index contributed by atoms with van der Waals surface area (Å²) in [5.41, 5.74) is 3.18. The Bertz CT molecular complexity index is 862. The van der Waals surface area contributed by atoms with Crippen LogP contribution in [0.2, 0.25) is 0 Å². The van der Waals surface area contributed by atoms with Gasteiger partial charge in [-0.3, -0.25) is 4.79 Å². The summed E-state index contributed by atoms with van der Waals surface area (Å²) in [5, 5.41) is 2.70. The number of ether oxygens (including phenoxy) is 4. The number of esters is 1. The highest BCUT2D eigenvalue weighted by molar-refractivity contribution is 5.91. The van der Waals surface area contributed by atoms with Gasteiger partial charge in [0.2, 0.25) is 0 Å². The Hall–Kier alpha value is -3.22. The van der Waals surface area contributed by atoms with Crippen LogP contribution in [-0.4, -0.2) is 39.8 Å². The van der Waals surface area contributed by atoms with Crippen molar-refractivity contribution in [1.29, 1.82) is 0 Å². The molecule has 0 spiro atoms. The third-order valence-electron chi connectivity index (χ3n) is 4.34. The summed E-state index contributed by atoms with van der Waals surface area (Å²) in [7, 11) is 4.58. The molecule has 0 unspecified atom stereocenters. The Morgan fingerprint density at radius 1 is 0.857 bits per heavy atom. The molecule has 2 aromatic rings. The number of benzene rings is 2. The molecule has 7 nitrogen and oxygen atoms in total. The molecular formula is C21H25NO6. The quantitative estimate of drug-likeness (QED) is 0.702. The minimum absolute atomic E-state index is 0.184. The molecule has 0 saturated heterocycles. The number of hydrogen-bond donors (Lipinski definition) is 1. The summed E-state index contributed by atoms with van der Waals surface area (Å²) in [4.78, 5) is 24.2. The molecule has 0 heterocycles. The van der Waals surface area contributed by atoms with Gasteiger partial charge in [0.25, 0.3) is 5.91 Å². The standard InChI is InChI=1S/C21H25NO6/c1-13-6-7-15(8-14(13)2)21(24)28-12-20(23)22-11-16-9-18(26-4)19(27-5)10-17(16)25-3/h6-10H,11-12H2,1-5H3,(H,22,23). The smallest absolute Gasteiger partial charge is 0.338 e. The fraction of sp³-hybridized carbons (Fsp3) is 0.333. The Morgan fingerprint density at radius 2 is 1.50 bits per heavy atom. The predicted octanol–water partition coefficient (Wildman–Crippen LogP) is 2.80. The van der Waals surface area contributed by atoms with Crippen LogP contribution in [0.4, 0.5) is 0 Å². The summed E-state index contributed by atoms with van der Waals surface area (Å²) in [6.45, 7) is 3.68. The minimum Gasteiger partial charge on any atom is -0.496 e. The van der Waals surface area contributed by atoms with Crippen molar-refractivity contribution in [2.24, 2.45) is 0 Å². The Morgan fingerprint density at radius 3 is 2.11 bits per heavy atom. The van der Waals surface area contributed by atoms with Gasteiger partial charge in [-0.15, -0.1) is 0 Å². The second-order valence-electron chi connectivity index (χ2n) is 6.17. The molecule has 1 N–H and O–H groups in total. The van der Waals surface area contributed by atoms with E-state index in [1.807, 2.05) is 19.9 Å². The third-order valence-corrected chi connectivity index (χ3v) is 4.34. The first-order valence-corrected chi connectivity index (χ1v) is 8.69. The van der Waals surface area contributed by atoms with E-state index in [0.29, 0.717) is 28.4 Å². The molecule has 0 saturated carbocycles. The number of hydrogen-bond acceptors (Lipinski definition) is 6. The number of carbonyl (C=O) groups excluding carboxylic acids is 2. The van der Waals surface area contributed by atoms with Gasteiger partial charge in [-0.1, -0.05) is 6.07 Å². The lowest BCUT2D eigenvalue weighted by Gasteiger charge is -2.14. The van der Waals surface area contributed by atoms with Crippen LogP contribution in [0.25, 0.3) is 0 Å². The van der Waals surface area contributed by atoms with Gasteiger partial charge < -0.3 is 24.3 Å². The van der Waals surface area contributed by atoms with Gasteiger partial charge in [0.15, 0.2) is 18.1 Å². The van der Waals surface area contributed by atoms with Crippen LogP contribution >= 0.6 is 0 Å². The lowest BCUT2D eigenvalue weighted by atomic mass is 10.1. The van der Waals surface area contributed by atoms with Crippen molar-refractivity contribution >= 4 is 11.9 Å². The van der Waals surface area contributed by atoms with E-state index < -0.39 is 11.9 Å². The van der Waals surface area contributed by atoms with E-state index in [9.17, 15) is 9.59 Å². The van der Waals surface area contributed by atoms with Gasteiger partial charge in [0, 0.05) is 18.2 Å². The molecule has 7 heteroatoms.